The number of hydrogen-bond donors (Lipinski definition) is 0. The van der Waals surface area contributed by atoms with Gasteiger partial charge >= 0.3 is 0 Å². The third-order valence-corrected chi connectivity index (χ3v) is 15.2. The Bertz CT molecular complexity index is 4920. The van der Waals surface area contributed by atoms with Crippen LogP contribution >= 0.6 is 0 Å². The van der Waals surface area contributed by atoms with E-state index in [2.05, 4.69) is 260 Å². The van der Waals surface area contributed by atoms with Gasteiger partial charge < -0.3 is 18.3 Å². The third kappa shape index (κ3) is 5.85. The fourth-order valence-corrected chi connectivity index (χ4v) is 12.2. The first kappa shape index (κ1) is 41.4. The van der Waals surface area contributed by atoms with E-state index < -0.39 is 0 Å². The topological polar surface area (TPSA) is 47.9 Å². The molecule has 0 saturated carbocycles. The van der Waals surface area contributed by atoms with Crippen LogP contribution in [0.25, 0.3) is 137 Å². The number of benzene rings is 11. The Morgan fingerprint density at radius 3 is 1.41 bits per heavy atom. The molecule has 0 atom stereocenters. The van der Waals surface area contributed by atoms with Gasteiger partial charge in [-0.2, -0.15) is 5.26 Å². The van der Waals surface area contributed by atoms with Crippen LogP contribution in [0.4, 0.5) is 5.69 Å². The van der Waals surface area contributed by atoms with Crippen molar-refractivity contribution in [3.05, 3.63) is 260 Å². The van der Waals surface area contributed by atoms with E-state index in [0.717, 1.165) is 111 Å². The van der Waals surface area contributed by atoms with Gasteiger partial charge in [0.1, 0.15) is 0 Å². The van der Waals surface area contributed by atoms with Gasteiger partial charge in [-0.05, 0) is 95.6 Å². The van der Waals surface area contributed by atoms with E-state index in [1.54, 1.807) is 0 Å². The number of aromatic nitrogens is 4. The maximum Gasteiger partial charge on any atom is 0.206 e. The van der Waals surface area contributed by atoms with Crippen LogP contribution in [0.3, 0.4) is 0 Å². The number of rotatable bonds is 6. The molecule has 0 amide bonds. The van der Waals surface area contributed by atoms with Crippen molar-refractivity contribution in [2.45, 2.75) is 0 Å². The van der Waals surface area contributed by atoms with Crippen LogP contribution in [0, 0.1) is 17.9 Å². The molecule has 0 bridgehead atoms. The van der Waals surface area contributed by atoms with Crippen molar-refractivity contribution in [2.24, 2.45) is 0 Å². The fraction of sp³-hybridized carbons (Fsp3) is 0. The van der Waals surface area contributed by atoms with Gasteiger partial charge in [-0.3, -0.25) is 0 Å². The predicted molar refractivity (Wildman–Crippen MR) is 306 cm³/mol. The van der Waals surface area contributed by atoms with Crippen LogP contribution in [0.1, 0.15) is 5.56 Å². The first-order chi connectivity index (χ1) is 36.7. The lowest BCUT2D eigenvalue weighted by Gasteiger charge is -2.18. The number of nitrogens with zero attached hydrogens (tertiary/aromatic N) is 6. The Kier molecular flexibility index (Phi) is 8.99. The highest BCUT2D eigenvalue weighted by molar-refractivity contribution is 6.22. The number of fused-ring (bicyclic) bond motifs is 12. The van der Waals surface area contributed by atoms with Gasteiger partial charge in [-0.1, -0.05) is 164 Å². The molecule has 6 nitrogen and oxygen atoms in total. The summed E-state index contributed by atoms with van der Waals surface area (Å²) in [5.41, 5.74) is 17.4. The molecule has 11 aromatic carbocycles. The average Bonchev–Trinajstić information content (AvgIpc) is 4.24. The second kappa shape index (κ2) is 16.1. The zero-order chi connectivity index (χ0) is 49.0. The lowest BCUT2D eigenvalue weighted by atomic mass is 9.97. The van der Waals surface area contributed by atoms with Crippen molar-refractivity contribution in [1.29, 1.82) is 5.26 Å². The molecule has 6 heteroatoms. The Balaban J connectivity index is 1.01. The Morgan fingerprint density at radius 1 is 0.338 bits per heavy atom. The summed E-state index contributed by atoms with van der Waals surface area (Å²) in [6.07, 6.45) is 0. The molecular weight excluding hydrogens is 901 g/mol. The molecule has 0 saturated heterocycles. The van der Waals surface area contributed by atoms with E-state index in [4.69, 9.17) is 6.57 Å². The third-order valence-electron chi connectivity index (χ3n) is 15.2. The molecule has 0 spiro atoms. The summed E-state index contributed by atoms with van der Waals surface area (Å²) in [6, 6.07) is 88.6. The number of nitriles is 1. The van der Waals surface area contributed by atoms with Crippen molar-refractivity contribution in [3.63, 3.8) is 0 Å². The molecule has 4 heterocycles. The van der Waals surface area contributed by atoms with Crippen molar-refractivity contribution in [3.8, 4) is 51.1 Å². The highest BCUT2D eigenvalue weighted by atomic mass is 15.1. The van der Waals surface area contributed by atoms with Gasteiger partial charge in [0.2, 0.25) is 5.69 Å². The van der Waals surface area contributed by atoms with E-state index in [9.17, 15) is 5.26 Å². The minimum atomic E-state index is 0.300. The molecule has 342 valence electrons. The van der Waals surface area contributed by atoms with Gasteiger partial charge in [0.15, 0.2) is 0 Å². The largest absolute Gasteiger partial charge is 0.309 e. The highest BCUT2D eigenvalue weighted by Crippen LogP contribution is 2.47. The average molecular weight is 941 g/mol. The van der Waals surface area contributed by atoms with Crippen LogP contribution in [0.5, 0.6) is 0 Å². The summed E-state index contributed by atoms with van der Waals surface area (Å²) >= 11 is 0. The SMILES string of the molecule is [C-]#[N+]c1cc(-n2c3ccccc3c3c(-c4cccc5c6ccccc6n(-c6ccccc6)c45)cccc32)c(-n2c3ccccc3c3c(-c4ccc5c6ccccc6n(-c6ccccc6)c5c4)cccc32)cc1C#N. The molecule has 4 aromatic heterocycles. The minimum absolute atomic E-state index is 0.300. The Labute approximate surface area is 425 Å². The molecule has 0 unspecified atom stereocenters. The van der Waals surface area contributed by atoms with Crippen molar-refractivity contribution >= 4 is 92.9 Å². The quantitative estimate of drug-likeness (QED) is 0.153. The van der Waals surface area contributed by atoms with E-state index in [1.165, 1.54) is 21.5 Å². The van der Waals surface area contributed by atoms with Crippen molar-refractivity contribution in [2.75, 3.05) is 0 Å². The summed E-state index contributed by atoms with van der Waals surface area (Å²) in [7, 11) is 0. The molecule has 0 aliphatic heterocycles. The normalized spacial score (nSPS) is 11.8. The maximum absolute atomic E-state index is 10.8. The van der Waals surface area contributed by atoms with Gasteiger partial charge in [0, 0.05) is 60.0 Å². The fourth-order valence-electron chi connectivity index (χ4n) is 12.2. The molecule has 0 aliphatic rings. The van der Waals surface area contributed by atoms with E-state index in [1.807, 2.05) is 12.1 Å². The van der Waals surface area contributed by atoms with E-state index in [0.29, 0.717) is 11.3 Å². The minimum Gasteiger partial charge on any atom is -0.309 e. The molecule has 15 rings (SSSR count). The molecule has 0 radical (unpaired) electrons. The van der Waals surface area contributed by atoms with Crippen molar-refractivity contribution in [1.82, 2.24) is 18.3 Å². The van der Waals surface area contributed by atoms with Gasteiger partial charge in [0.05, 0.1) is 73.7 Å². The summed E-state index contributed by atoms with van der Waals surface area (Å²) in [6.45, 7) is 8.44. The summed E-state index contributed by atoms with van der Waals surface area (Å²) < 4.78 is 9.39. The van der Waals surface area contributed by atoms with Crippen LogP contribution in [-0.4, -0.2) is 18.3 Å². The molecule has 0 aliphatic carbocycles. The van der Waals surface area contributed by atoms with Gasteiger partial charge in [0.25, 0.3) is 0 Å². The van der Waals surface area contributed by atoms with Gasteiger partial charge in [-0.25, -0.2) is 4.85 Å². The predicted octanol–water partition coefficient (Wildman–Crippen LogP) is 17.8. The first-order valence-electron chi connectivity index (χ1n) is 24.9. The van der Waals surface area contributed by atoms with Crippen LogP contribution < -0.4 is 0 Å². The summed E-state index contributed by atoms with van der Waals surface area (Å²) in [5.74, 6) is 0. The number of para-hydroxylation sites is 7. The van der Waals surface area contributed by atoms with Crippen LogP contribution in [0.15, 0.2) is 243 Å². The molecular formula is C68H40N6. The zero-order valence-corrected chi connectivity index (χ0v) is 39.8. The zero-order valence-electron chi connectivity index (χ0n) is 39.8. The molecule has 74 heavy (non-hydrogen) atoms. The molecule has 15 aromatic rings. The van der Waals surface area contributed by atoms with E-state index in [-0.39, 0.29) is 0 Å². The summed E-state index contributed by atoms with van der Waals surface area (Å²) in [4.78, 5) is 4.00. The van der Waals surface area contributed by atoms with Crippen LogP contribution in [-0.2, 0) is 0 Å². The Hall–Kier alpha value is -10.4. The van der Waals surface area contributed by atoms with Crippen molar-refractivity contribution < 1.29 is 0 Å². The second-order valence-corrected chi connectivity index (χ2v) is 19.0. The lowest BCUT2D eigenvalue weighted by Crippen LogP contribution is -2.04. The monoisotopic (exact) mass is 940 g/mol. The lowest BCUT2D eigenvalue weighted by molar-refractivity contribution is 1.09. The standard InChI is InChI=1S/C68H40N6/c1-70-56-41-65(74-60-34-15-11-26-55(60)67-51(28-18-36-62(67)74)53-30-16-29-52-49-24-9-13-32-58(49)72(68(52)53)46-21-6-3-7-22-46)64(40-44(56)42-69)73-59-33-14-10-25-54(59)66-47(27-17-35-61(66)73)43-37-38-50-48-23-8-12-31-57(48)71(63(50)39-43)45-19-4-2-5-20-45/h2-41H. The smallest absolute Gasteiger partial charge is 0.206 e. The number of hydrogen-bond acceptors (Lipinski definition) is 1. The Morgan fingerprint density at radius 2 is 0.784 bits per heavy atom. The summed E-state index contributed by atoms with van der Waals surface area (Å²) in [5, 5.41) is 20.0. The van der Waals surface area contributed by atoms with Crippen LogP contribution in [0.2, 0.25) is 0 Å². The van der Waals surface area contributed by atoms with Gasteiger partial charge in [-0.15, -0.1) is 0 Å². The first-order valence-corrected chi connectivity index (χ1v) is 24.9. The molecule has 0 fully saturated rings. The highest BCUT2D eigenvalue weighted by Gasteiger charge is 2.26. The second-order valence-electron chi connectivity index (χ2n) is 19.0. The maximum atomic E-state index is 10.8. The van der Waals surface area contributed by atoms with E-state index >= 15 is 0 Å². The molecule has 0 N–H and O–H groups in total.